The Bertz CT molecular complexity index is 629. The van der Waals surface area contributed by atoms with E-state index in [-0.39, 0.29) is 23.6 Å². The Morgan fingerprint density at radius 1 is 1.32 bits per heavy atom. The molecule has 1 aromatic heterocycles. The Balaban J connectivity index is 2.29. The van der Waals surface area contributed by atoms with Gasteiger partial charge in [-0.25, -0.2) is 0 Å². The normalized spacial score (nSPS) is 10.2. The van der Waals surface area contributed by atoms with Gasteiger partial charge in [-0.2, -0.15) is 0 Å². The number of carbonyl (C=O) groups excluding carboxylic acids is 1. The van der Waals surface area contributed by atoms with Gasteiger partial charge in [0.2, 0.25) is 0 Å². The molecule has 0 aliphatic carbocycles. The fraction of sp³-hybridized carbons (Fsp3) is 0.0769. The second-order valence-corrected chi connectivity index (χ2v) is 4.76. The Labute approximate surface area is 117 Å². The van der Waals surface area contributed by atoms with Crippen LogP contribution < -0.4 is 0 Å². The molecule has 6 heteroatoms. The van der Waals surface area contributed by atoms with Gasteiger partial charge in [0, 0.05) is 22.3 Å². The molecule has 0 aliphatic heterocycles. The summed E-state index contributed by atoms with van der Waals surface area (Å²) in [5.74, 6) is -0.196. The predicted octanol–water partition coefficient (Wildman–Crippen LogP) is 3.18. The van der Waals surface area contributed by atoms with E-state index in [1.54, 1.807) is 30.3 Å². The van der Waals surface area contributed by atoms with E-state index in [1.807, 2.05) is 0 Å². The number of carbonyl (C=O) groups is 1. The summed E-state index contributed by atoms with van der Waals surface area (Å²) in [5.41, 5.74) is 0.530. The van der Waals surface area contributed by atoms with Crippen LogP contribution in [-0.2, 0) is 6.42 Å². The molecule has 2 aromatic rings. The monoisotopic (exact) mass is 320 g/mol. The molecule has 1 heterocycles. The highest BCUT2D eigenvalue weighted by molar-refractivity contribution is 9.10. The van der Waals surface area contributed by atoms with Gasteiger partial charge in [-0.05, 0) is 15.9 Å². The average molecular weight is 321 g/mol. The van der Waals surface area contributed by atoms with E-state index in [1.165, 1.54) is 12.3 Å². The molecule has 0 fully saturated rings. The van der Waals surface area contributed by atoms with Crippen LogP contribution in [0.5, 0.6) is 0 Å². The number of ketones is 1. The summed E-state index contributed by atoms with van der Waals surface area (Å²) in [4.78, 5) is 26.3. The van der Waals surface area contributed by atoms with Crippen LogP contribution in [0, 0.1) is 10.1 Å². The summed E-state index contributed by atoms with van der Waals surface area (Å²) in [6, 6.07) is 9.99. The average Bonchev–Trinajstić information content (AvgIpc) is 2.41. The van der Waals surface area contributed by atoms with Gasteiger partial charge in [0.1, 0.15) is 5.69 Å². The molecule has 1 aromatic carbocycles. The zero-order valence-corrected chi connectivity index (χ0v) is 11.3. The highest BCUT2D eigenvalue weighted by Crippen LogP contribution is 2.22. The quantitative estimate of drug-likeness (QED) is 0.492. The largest absolute Gasteiger partial charge is 0.294 e. The number of benzene rings is 1. The molecule has 0 spiro atoms. The van der Waals surface area contributed by atoms with Crippen molar-refractivity contribution in [1.82, 2.24) is 4.98 Å². The molecule has 0 N–H and O–H groups in total. The van der Waals surface area contributed by atoms with Gasteiger partial charge in [0.15, 0.2) is 5.78 Å². The van der Waals surface area contributed by atoms with Crippen molar-refractivity contribution >= 4 is 27.4 Å². The smallest absolute Gasteiger partial charge is 0.292 e. The molecule has 5 nitrogen and oxygen atoms in total. The van der Waals surface area contributed by atoms with Crippen molar-refractivity contribution in [3.63, 3.8) is 0 Å². The zero-order valence-electron chi connectivity index (χ0n) is 9.75. The summed E-state index contributed by atoms with van der Waals surface area (Å²) in [7, 11) is 0. The fourth-order valence-corrected chi connectivity index (χ4v) is 1.95. The molecule has 19 heavy (non-hydrogen) atoms. The van der Waals surface area contributed by atoms with Gasteiger partial charge >= 0.3 is 0 Å². The number of halogens is 1. The Kier molecular flexibility index (Phi) is 4.01. The van der Waals surface area contributed by atoms with Crippen molar-refractivity contribution in [1.29, 1.82) is 0 Å². The molecule has 0 atom stereocenters. The lowest BCUT2D eigenvalue weighted by atomic mass is 10.1. The number of hydrogen-bond acceptors (Lipinski definition) is 4. The van der Waals surface area contributed by atoms with Crippen LogP contribution in [0.2, 0.25) is 0 Å². The molecular weight excluding hydrogens is 312 g/mol. The third-order valence-electron chi connectivity index (χ3n) is 2.53. The first kappa shape index (κ1) is 13.4. The van der Waals surface area contributed by atoms with E-state index >= 15 is 0 Å². The third kappa shape index (κ3) is 3.23. The number of rotatable bonds is 4. The van der Waals surface area contributed by atoms with Gasteiger partial charge in [-0.15, -0.1) is 0 Å². The second kappa shape index (κ2) is 5.71. The third-order valence-corrected chi connectivity index (χ3v) is 2.97. The Morgan fingerprint density at radius 3 is 2.63 bits per heavy atom. The molecule has 0 bridgehead atoms. The fourth-order valence-electron chi connectivity index (χ4n) is 1.63. The Morgan fingerprint density at radius 2 is 2.00 bits per heavy atom. The first-order valence-electron chi connectivity index (χ1n) is 5.45. The molecule has 0 radical (unpaired) electrons. The van der Waals surface area contributed by atoms with E-state index < -0.39 is 4.92 Å². The molecule has 96 valence electrons. The standard InChI is InChI=1S/C13H9BrN2O3/c14-10-6-12(16(18)19)11(15-8-10)7-13(17)9-4-2-1-3-5-9/h1-6,8H,7H2. The highest BCUT2D eigenvalue weighted by Gasteiger charge is 2.19. The van der Waals surface area contributed by atoms with Crippen molar-refractivity contribution in [3.8, 4) is 0 Å². The number of nitro groups is 1. The van der Waals surface area contributed by atoms with Crippen LogP contribution in [0.15, 0.2) is 47.1 Å². The molecule has 0 saturated heterocycles. The zero-order chi connectivity index (χ0) is 13.8. The lowest BCUT2D eigenvalue weighted by Gasteiger charge is -2.02. The minimum Gasteiger partial charge on any atom is -0.294 e. The van der Waals surface area contributed by atoms with E-state index in [0.29, 0.717) is 10.0 Å². The summed E-state index contributed by atoms with van der Waals surface area (Å²) in [6.45, 7) is 0. The van der Waals surface area contributed by atoms with E-state index in [9.17, 15) is 14.9 Å². The number of nitrogens with zero attached hydrogens (tertiary/aromatic N) is 2. The van der Waals surface area contributed by atoms with Crippen LogP contribution in [0.4, 0.5) is 5.69 Å². The van der Waals surface area contributed by atoms with Crippen LogP contribution in [0.3, 0.4) is 0 Å². The summed E-state index contributed by atoms with van der Waals surface area (Å²) in [6.07, 6.45) is 1.36. The highest BCUT2D eigenvalue weighted by atomic mass is 79.9. The van der Waals surface area contributed by atoms with Crippen LogP contribution >= 0.6 is 15.9 Å². The molecule has 0 unspecified atom stereocenters. The maximum atomic E-state index is 12.0. The van der Waals surface area contributed by atoms with Crippen LogP contribution in [0.1, 0.15) is 16.1 Å². The van der Waals surface area contributed by atoms with E-state index in [4.69, 9.17) is 0 Å². The molecule has 0 amide bonds. The maximum absolute atomic E-state index is 12.0. The lowest BCUT2D eigenvalue weighted by Crippen LogP contribution is -2.07. The van der Waals surface area contributed by atoms with Crippen molar-refractivity contribution in [3.05, 3.63) is 68.4 Å². The number of pyridine rings is 1. The van der Waals surface area contributed by atoms with Gasteiger partial charge < -0.3 is 0 Å². The summed E-state index contributed by atoms with van der Waals surface area (Å²) in [5, 5.41) is 10.9. The topological polar surface area (TPSA) is 73.1 Å². The first-order valence-corrected chi connectivity index (χ1v) is 6.24. The van der Waals surface area contributed by atoms with E-state index in [2.05, 4.69) is 20.9 Å². The molecule has 0 saturated carbocycles. The lowest BCUT2D eigenvalue weighted by molar-refractivity contribution is -0.385. The summed E-state index contributed by atoms with van der Waals surface area (Å²) >= 11 is 3.12. The molecule has 0 aliphatic rings. The number of hydrogen-bond donors (Lipinski definition) is 0. The van der Waals surface area contributed by atoms with Crippen molar-refractivity contribution in [2.24, 2.45) is 0 Å². The Hall–Kier alpha value is -2.08. The number of aromatic nitrogens is 1. The maximum Gasteiger partial charge on any atom is 0.292 e. The van der Waals surface area contributed by atoms with Gasteiger partial charge in [0.05, 0.1) is 11.3 Å². The molecular formula is C13H9BrN2O3. The number of Topliss-reactive ketones (excluding diaryl/α,β-unsaturated/α-hetero) is 1. The van der Waals surface area contributed by atoms with Gasteiger partial charge in [-0.3, -0.25) is 19.9 Å². The minimum absolute atomic E-state index is 0.0897. The molecule has 2 rings (SSSR count). The van der Waals surface area contributed by atoms with Gasteiger partial charge in [0.25, 0.3) is 5.69 Å². The minimum atomic E-state index is -0.536. The van der Waals surface area contributed by atoms with Crippen molar-refractivity contribution in [2.75, 3.05) is 0 Å². The predicted molar refractivity (Wildman–Crippen MR) is 73.1 cm³/mol. The van der Waals surface area contributed by atoms with E-state index in [0.717, 1.165) is 0 Å². The van der Waals surface area contributed by atoms with Crippen LogP contribution in [0.25, 0.3) is 0 Å². The van der Waals surface area contributed by atoms with Crippen molar-refractivity contribution < 1.29 is 9.72 Å². The SMILES string of the molecule is O=C(Cc1ncc(Br)cc1[N+](=O)[O-])c1ccccc1. The van der Waals surface area contributed by atoms with Crippen LogP contribution in [-0.4, -0.2) is 15.7 Å². The first-order chi connectivity index (χ1) is 9.08. The summed E-state index contributed by atoms with van der Waals surface area (Å²) < 4.78 is 0.509. The van der Waals surface area contributed by atoms with Crippen molar-refractivity contribution in [2.45, 2.75) is 6.42 Å². The van der Waals surface area contributed by atoms with Gasteiger partial charge in [-0.1, -0.05) is 30.3 Å². The second-order valence-electron chi connectivity index (χ2n) is 3.84.